The normalized spacial score (nSPS) is 32.0. The maximum absolute atomic E-state index is 9.80. The molecule has 0 spiro atoms. The molecule has 2 bridgehead atoms. The maximum Gasteiger partial charge on any atom is 0.122 e. The topological polar surface area (TPSA) is 41.5 Å². The maximum atomic E-state index is 9.80. The molecule has 3 unspecified atom stereocenters. The van der Waals surface area contributed by atoms with Gasteiger partial charge in [-0.15, -0.1) is 0 Å². The number of nitrogens with one attached hydrogen (secondary N) is 1. The Morgan fingerprint density at radius 3 is 2.81 bits per heavy atom. The molecule has 1 fully saturated rings. The fourth-order valence-corrected chi connectivity index (χ4v) is 4.64. The van der Waals surface area contributed by atoms with Crippen LogP contribution in [0.5, 0.6) is 5.75 Å². The van der Waals surface area contributed by atoms with Crippen LogP contribution in [0.3, 0.4) is 0 Å². The second-order valence-electron chi connectivity index (χ2n) is 7.07. The third-order valence-corrected chi connectivity index (χ3v) is 5.79. The molecule has 0 radical (unpaired) electrons. The van der Waals surface area contributed by atoms with Crippen molar-refractivity contribution >= 4 is 0 Å². The van der Waals surface area contributed by atoms with Gasteiger partial charge in [-0.25, -0.2) is 5.48 Å². The van der Waals surface area contributed by atoms with Gasteiger partial charge in [0.05, 0.1) is 7.11 Å². The van der Waals surface area contributed by atoms with Crippen molar-refractivity contribution in [2.24, 2.45) is 5.92 Å². The first-order chi connectivity index (χ1) is 10.1. The Balaban J connectivity index is 2.14. The number of hydrogen-bond donors (Lipinski definition) is 2. The molecular formula is C18H27NO2. The number of ether oxygens (including phenoxy) is 1. The molecule has 0 amide bonds. The smallest absolute Gasteiger partial charge is 0.122 e. The Morgan fingerprint density at radius 2 is 2.10 bits per heavy atom. The molecule has 0 aliphatic heterocycles. The van der Waals surface area contributed by atoms with E-state index in [-0.39, 0.29) is 11.5 Å². The molecule has 0 heterocycles. The lowest BCUT2D eigenvalue weighted by atomic mass is 9.59. The van der Waals surface area contributed by atoms with Crippen LogP contribution in [-0.4, -0.2) is 18.4 Å². The zero-order chi connectivity index (χ0) is 15.0. The monoisotopic (exact) mass is 289 g/mol. The minimum atomic E-state index is -0.00556. The highest BCUT2D eigenvalue weighted by Gasteiger charge is 2.45. The average molecular weight is 289 g/mol. The summed E-state index contributed by atoms with van der Waals surface area (Å²) in [5, 5.41) is 9.80. The molecule has 21 heavy (non-hydrogen) atoms. The van der Waals surface area contributed by atoms with Crippen molar-refractivity contribution in [3.05, 3.63) is 28.8 Å². The lowest BCUT2D eigenvalue weighted by molar-refractivity contribution is 0.0352. The summed E-state index contributed by atoms with van der Waals surface area (Å²) in [5.74, 6) is 1.49. The van der Waals surface area contributed by atoms with E-state index in [0.29, 0.717) is 5.92 Å². The first-order valence-electron chi connectivity index (χ1n) is 8.17. The number of rotatable bonds is 2. The van der Waals surface area contributed by atoms with Crippen molar-refractivity contribution in [2.45, 2.75) is 63.8 Å². The van der Waals surface area contributed by atoms with E-state index in [9.17, 15) is 5.21 Å². The summed E-state index contributed by atoms with van der Waals surface area (Å²) in [5.41, 5.74) is 6.70. The first-order valence-corrected chi connectivity index (χ1v) is 8.17. The average Bonchev–Trinajstić information content (AvgIpc) is 2.45. The second-order valence-corrected chi connectivity index (χ2v) is 7.07. The number of fused-ring (bicyclic) bond motifs is 4. The minimum absolute atomic E-state index is 0.00556. The third-order valence-electron chi connectivity index (χ3n) is 5.79. The van der Waals surface area contributed by atoms with Gasteiger partial charge < -0.3 is 9.94 Å². The van der Waals surface area contributed by atoms with E-state index in [1.807, 2.05) is 0 Å². The van der Waals surface area contributed by atoms with Gasteiger partial charge in [0.1, 0.15) is 5.75 Å². The Bertz CT molecular complexity index is 528. The zero-order valence-corrected chi connectivity index (χ0v) is 13.4. The summed E-state index contributed by atoms with van der Waals surface area (Å²) in [6.07, 6.45) is 7.22. The summed E-state index contributed by atoms with van der Waals surface area (Å²) in [6.45, 7) is 4.43. The summed E-state index contributed by atoms with van der Waals surface area (Å²) in [6, 6.07) is 4.67. The van der Waals surface area contributed by atoms with Gasteiger partial charge in [0.15, 0.2) is 0 Å². The fraction of sp³-hybridized carbons (Fsp3) is 0.667. The molecule has 2 aliphatic carbocycles. The lowest BCUT2D eigenvalue weighted by Gasteiger charge is -2.48. The minimum Gasteiger partial charge on any atom is -0.496 e. The molecule has 1 saturated carbocycles. The molecule has 2 N–H and O–H groups in total. The van der Waals surface area contributed by atoms with E-state index in [4.69, 9.17) is 4.74 Å². The highest BCUT2D eigenvalue weighted by atomic mass is 16.5. The third kappa shape index (κ3) is 2.36. The summed E-state index contributed by atoms with van der Waals surface area (Å²) < 4.78 is 5.54. The molecule has 3 heteroatoms. The number of benzene rings is 1. The van der Waals surface area contributed by atoms with Crippen molar-refractivity contribution in [3.63, 3.8) is 0 Å². The van der Waals surface area contributed by atoms with Crippen molar-refractivity contribution in [3.8, 4) is 5.75 Å². The van der Waals surface area contributed by atoms with E-state index in [2.05, 4.69) is 31.5 Å². The molecule has 3 nitrogen and oxygen atoms in total. The summed E-state index contributed by atoms with van der Waals surface area (Å²) in [4.78, 5) is 0. The molecule has 0 aromatic heterocycles. The van der Waals surface area contributed by atoms with Gasteiger partial charge in [0.2, 0.25) is 0 Å². The standard InChI is InChI=1S/C18H27NO2/c1-12-9-14-10-13-7-5-4-6-8-18(2,17(13)19-20)15(14)11-16(12)21-3/h9,11,13,17,19-20H,4-8,10H2,1-3H3. The van der Waals surface area contributed by atoms with Crippen LogP contribution in [0.2, 0.25) is 0 Å². The van der Waals surface area contributed by atoms with E-state index in [0.717, 1.165) is 18.6 Å². The SMILES string of the molecule is COc1cc2c(cc1C)CC1CCCCCC2(C)C1NO. The summed E-state index contributed by atoms with van der Waals surface area (Å²) in [7, 11) is 1.74. The van der Waals surface area contributed by atoms with Crippen LogP contribution in [-0.2, 0) is 11.8 Å². The van der Waals surface area contributed by atoms with Crippen molar-refractivity contribution in [1.82, 2.24) is 5.48 Å². The van der Waals surface area contributed by atoms with Gasteiger partial charge in [0, 0.05) is 11.5 Å². The molecule has 3 rings (SSSR count). The van der Waals surface area contributed by atoms with Gasteiger partial charge in [0.25, 0.3) is 0 Å². The van der Waals surface area contributed by atoms with Gasteiger partial charge in [-0.1, -0.05) is 32.3 Å². The van der Waals surface area contributed by atoms with Gasteiger partial charge >= 0.3 is 0 Å². The Labute approximate surface area is 127 Å². The molecule has 0 saturated heterocycles. The number of methoxy groups -OCH3 is 1. The molecule has 116 valence electrons. The number of aryl methyl sites for hydroxylation is 1. The quantitative estimate of drug-likeness (QED) is 0.815. The molecule has 1 aromatic carbocycles. The highest BCUT2D eigenvalue weighted by Crippen LogP contribution is 2.47. The number of hydroxylamine groups is 1. The largest absolute Gasteiger partial charge is 0.496 e. The van der Waals surface area contributed by atoms with Crippen LogP contribution in [0.4, 0.5) is 0 Å². The van der Waals surface area contributed by atoms with Crippen molar-refractivity contribution in [2.75, 3.05) is 7.11 Å². The van der Waals surface area contributed by atoms with E-state index in [1.165, 1.54) is 42.4 Å². The van der Waals surface area contributed by atoms with Crippen LogP contribution < -0.4 is 10.2 Å². The molecule has 3 atom stereocenters. The second kappa shape index (κ2) is 5.62. The van der Waals surface area contributed by atoms with Crippen LogP contribution in [0.15, 0.2) is 12.1 Å². The van der Waals surface area contributed by atoms with Gasteiger partial charge in [-0.05, 0) is 54.9 Å². The predicted molar refractivity (Wildman–Crippen MR) is 84.1 cm³/mol. The summed E-state index contributed by atoms with van der Waals surface area (Å²) >= 11 is 0. The lowest BCUT2D eigenvalue weighted by Crippen LogP contribution is -2.54. The van der Waals surface area contributed by atoms with E-state index >= 15 is 0 Å². The van der Waals surface area contributed by atoms with E-state index in [1.54, 1.807) is 7.11 Å². The molecular weight excluding hydrogens is 262 g/mol. The van der Waals surface area contributed by atoms with Crippen LogP contribution in [0, 0.1) is 12.8 Å². The van der Waals surface area contributed by atoms with Crippen molar-refractivity contribution < 1.29 is 9.94 Å². The fourth-order valence-electron chi connectivity index (χ4n) is 4.64. The molecule has 2 aliphatic rings. The zero-order valence-electron chi connectivity index (χ0n) is 13.4. The number of hydrogen-bond acceptors (Lipinski definition) is 3. The van der Waals surface area contributed by atoms with Crippen molar-refractivity contribution in [1.29, 1.82) is 0 Å². The van der Waals surface area contributed by atoms with Crippen LogP contribution >= 0.6 is 0 Å². The molecule has 1 aromatic rings. The van der Waals surface area contributed by atoms with Gasteiger partial charge in [-0.3, -0.25) is 0 Å². The Hall–Kier alpha value is -1.06. The predicted octanol–water partition coefficient (Wildman–Crippen LogP) is 3.75. The van der Waals surface area contributed by atoms with Crippen LogP contribution in [0.1, 0.15) is 55.7 Å². The van der Waals surface area contributed by atoms with Gasteiger partial charge in [-0.2, -0.15) is 0 Å². The Kier molecular flexibility index (Phi) is 3.98. The highest BCUT2D eigenvalue weighted by molar-refractivity contribution is 5.48. The Morgan fingerprint density at radius 1 is 1.29 bits per heavy atom. The van der Waals surface area contributed by atoms with E-state index < -0.39 is 0 Å². The first kappa shape index (κ1) is 14.9. The van der Waals surface area contributed by atoms with Crippen LogP contribution in [0.25, 0.3) is 0 Å².